The highest BCUT2D eigenvalue weighted by Gasteiger charge is 2.27. The van der Waals surface area contributed by atoms with E-state index in [-0.39, 0.29) is 18.2 Å². The number of amides is 1. The van der Waals surface area contributed by atoms with Crippen molar-refractivity contribution in [3.8, 4) is 0 Å². The summed E-state index contributed by atoms with van der Waals surface area (Å²) in [4.78, 5) is 20.7. The number of aromatic nitrogens is 2. The van der Waals surface area contributed by atoms with Gasteiger partial charge in [0.25, 0.3) is 0 Å². The molecule has 1 saturated heterocycles. The minimum absolute atomic E-state index is 0.00411. The van der Waals surface area contributed by atoms with Crippen molar-refractivity contribution in [2.75, 3.05) is 49.9 Å². The van der Waals surface area contributed by atoms with E-state index in [0.29, 0.717) is 45.1 Å². The van der Waals surface area contributed by atoms with Crippen LogP contribution in [0.15, 0.2) is 17.4 Å². The van der Waals surface area contributed by atoms with E-state index >= 15 is 0 Å². The Balaban J connectivity index is 1.90. The highest BCUT2D eigenvalue weighted by molar-refractivity contribution is 7.89. The summed E-state index contributed by atoms with van der Waals surface area (Å²) in [6.45, 7) is 6.56. The second-order valence-corrected chi connectivity index (χ2v) is 8.32. The zero-order valence-electron chi connectivity index (χ0n) is 16.2. The number of hydrogen-bond donors (Lipinski definition) is 2. The summed E-state index contributed by atoms with van der Waals surface area (Å²) in [7, 11) is -1.35. The molecule has 0 spiro atoms. The van der Waals surface area contributed by atoms with Gasteiger partial charge in [-0.15, -0.1) is 0 Å². The Labute approximate surface area is 160 Å². The molecular weight excluding hydrogens is 370 g/mol. The first-order valence-corrected chi connectivity index (χ1v) is 10.8. The van der Waals surface area contributed by atoms with E-state index in [9.17, 15) is 13.2 Å². The molecular formula is C16H29N7O3S. The number of guanidine groups is 1. The number of carbonyl (C=O) groups excluding carboxylic acids is 1. The fraction of sp³-hybridized carbons (Fsp3) is 0.688. The normalized spacial score (nSPS) is 16.1. The number of aryl methyl sites for hydroxylation is 1. The first-order valence-electron chi connectivity index (χ1n) is 9.16. The Morgan fingerprint density at radius 2 is 2.11 bits per heavy atom. The van der Waals surface area contributed by atoms with Crippen LogP contribution in [0, 0.1) is 0 Å². The summed E-state index contributed by atoms with van der Waals surface area (Å²) in [6.07, 6.45) is 4.10. The molecule has 1 aliphatic heterocycles. The van der Waals surface area contributed by atoms with Crippen LogP contribution >= 0.6 is 0 Å². The molecule has 10 nitrogen and oxygen atoms in total. The minimum atomic E-state index is -3.17. The molecule has 0 aromatic carbocycles. The fourth-order valence-electron chi connectivity index (χ4n) is 2.69. The Morgan fingerprint density at radius 3 is 2.70 bits per heavy atom. The molecule has 11 heteroatoms. The maximum atomic E-state index is 12.5. The highest BCUT2D eigenvalue weighted by Crippen LogP contribution is 2.16. The van der Waals surface area contributed by atoms with Crippen molar-refractivity contribution in [3.05, 3.63) is 12.4 Å². The van der Waals surface area contributed by atoms with Crippen LogP contribution in [0.1, 0.15) is 20.3 Å². The quantitative estimate of drug-likeness (QED) is 0.342. The number of hydrogen-bond acceptors (Lipinski definition) is 5. The van der Waals surface area contributed by atoms with Gasteiger partial charge in [0.1, 0.15) is 6.54 Å². The average Bonchev–Trinajstić information content (AvgIpc) is 3.06. The summed E-state index contributed by atoms with van der Waals surface area (Å²) < 4.78 is 27.0. The van der Waals surface area contributed by atoms with E-state index in [4.69, 9.17) is 0 Å². The lowest BCUT2D eigenvalue weighted by atomic mass is 10.3. The molecule has 0 bridgehead atoms. The van der Waals surface area contributed by atoms with Crippen LogP contribution in [0.25, 0.3) is 0 Å². The summed E-state index contributed by atoms with van der Waals surface area (Å²) in [5, 5.41) is 7.32. The SMILES string of the molecule is CCNC(=NCCCNS(=O)(=O)CC)N1CCN(c2cnn(C)c2)C(=O)C1. The number of rotatable bonds is 8. The molecule has 152 valence electrons. The monoisotopic (exact) mass is 399 g/mol. The van der Waals surface area contributed by atoms with E-state index in [1.54, 1.807) is 22.7 Å². The summed E-state index contributed by atoms with van der Waals surface area (Å²) in [5.41, 5.74) is 0.798. The Bertz CT molecular complexity index is 760. The molecule has 1 amide bonds. The molecule has 2 N–H and O–H groups in total. The number of nitrogens with zero attached hydrogens (tertiary/aromatic N) is 5. The third kappa shape index (κ3) is 6.21. The predicted molar refractivity (Wildman–Crippen MR) is 105 cm³/mol. The van der Waals surface area contributed by atoms with Crippen LogP contribution < -0.4 is 14.9 Å². The molecule has 0 atom stereocenters. The third-order valence-corrected chi connectivity index (χ3v) is 5.56. The first-order chi connectivity index (χ1) is 12.9. The van der Waals surface area contributed by atoms with Crippen LogP contribution in [0.5, 0.6) is 0 Å². The van der Waals surface area contributed by atoms with Gasteiger partial charge < -0.3 is 15.1 Å². The van der Waals surface area contributed by atoms with E-state index in [0.717, 1.165) is 5.69 Å². The summed E-state index contributed by atoms with van der Waals surface area (Å²) in [6, 6.07) is 0. The first kappa shape index (κ1) is 21.2. The molecule has 0 aliphatic carbocycles. The highest BCUT2D eigenvalue weighted by atomic mass is 32.2. The maximum absolute atomic E-state index is 12.5. The van der Waals surface area contributed by atoms with Gasteiger partial charge in [0.2, 0.25) is 15.9 Å². The van der Waals surface area contributed by atoms with Crippen molar-refractivity contribution >= 4 is 27.6 Å². The summed E-state index contributed by atoms with van der Waals surface area (Å²) >= 11 is 0. The second kappa shape index (κ2) is 9.70. The lowest BCUT2D eigenvalue weighted by molar-refractivity contribution is -0.120. The number of carbonyl (C=O) groups is 1. The zero-order valence-corrected chi connectivity index (χ0v) is 17.0. The minimum Gasteiger partial charge on any atom is -0.357 e. The smallest absolute Gasteiger partial charge is 0.246 e. The van der Waals surface area contributed by atoms with E-state index < -0.39 is 10.0 Å². The average molecular weight is 400 g/mol. The largest absolute Gasteiger partial charge is 0.357 e. The van der Waals surface area contributed by atoms with Gasteiger partial charge in [0.05, 0.1) is 17.6 Å². The van der Waals surface area contributed by atoms with Crippen molar-refractivity contribution in [3.63, 3.8) is 0 Å². The second-order valence-electron chi connectivity index (χ2n) is 6.23. The van der Waals surface area contributed by atoms with E-state index in [2.05, 4.69) is 20.1 Å². The molecule has 0 radical (unpaired) electrons. The predicted octanol–water partition coefficient (Wildman–Crippen LogP) is -0.636. The third-order valence-electron chi connectivity index (χ3n) is 4.16. The van der Waals surface area contributed by atoms with Crippen LogP contribution in [-0.4, -0.2) is 80.0 Å². The topological polar surface area (TPSA) is 112 Å². The Hall–Kier alpha value is -2.14. The number of nitrogens with one attached hydrogen (secondary N) is 2. The van der Waals surface area contributed by atoms with Crippen LogP contribution in [0.3, 0.4) is 0 Å². The van der Waals surface area contributed by atoms with Crippen molar-refractivity contribution in [2.45, 2.75) is 20.3 Å². The molecule has 1 aliphatic rings. The van der Waals surface area contributed by atoms with Gasteiger partial charge in [0, 0.05) is 46.0 Å². The van der Waals surface area contributed by atoms with Crippen LogP contribution in [0.4, 0.5) is 5.69 Å². The maximum Gasteiger partial charge on any atom is 0.246 e. The molecule has 1 fully saturated rings. The van der Waals surface area contributed by atoms with Crippen molar-refractivity contribution in [1.82, 2.24) is 24.7 Å². The fourth-order valence-corrected chi connectivity index (χ4v) is 3.35. The van der Waals surface area contributed by atoms with E-state index in [1.165, 1.54) is 0 Å². The van der Waals surface area contributed by atoms with Crippen LogP contribution in [-0.2, 0) is 21.9 Å². The Kier molecular flexibility index (Phi) is 7.60. The van der Waals surface area contributed by atoms with Gasteiger partial charge in [-0.25, -0.2) is 13.1 Å². The van der Waals surface area contributed by atoms with Gasteiger partial charge in [-0.05, 0) is 20.3 Å². The lowest BCUT2D eigenvalue weighted by Gasteiger charge is -2.35. The lowest BCUT2D eigenvalue weighted by Crippen LogP contribution is -2.55. The number of aliphatic imine (C=N–C) groups is 1. The number of anilines is 1. The van der Waals surface area contributed by atoms with E-state index in [1.807, 2.05) is 25.1 Å². The van der Waals surface area contributed by atoms with Crippen molar-refractivity contribution < 1.29 is 13.2 Å². The van der Waals surface area contributed by atoms with Gasteiger partial charge in [-0.1, -0.05) is 0 Å². The van der Waals surface area contributed by atoms with Gasteiger partial charge in [-0.2, -0.15) is 5.10 Å². The van der Waals surface area contributed by atoms with Gasteiger partial charge >= 0.3 is 0 Å². The van der Waals surface area contributed by atoms with Crippen LogP contribution in [0.2, 0.25) is 0 Å². The molecule has 27 heavy (non-hydrogen) atoms. The van der Waals surface area contributed by atoms with Crippen molar-refractivity contribution in [2.24, 2.45) is 12.0 Å². The molecule has 0 unspecified atom stereocenters. The molecule has 2 rings (SSSR count). The molecule has 2 heterocycles. The number of sulfonamides is 1. The Morgan fingerprint density at radius 1 is 1.33 bits per heavy atom. The van der Waals surface area contributed by atoms with Gasteiger partial charge in [0.15, 0.2) is 5.96 Å². The van der Waals surface area contributed by atoms with Crippen molar-refractivity contribution in [1.29, 1.82) is 0 Å². The molecule has 0 saturated carbocycles. The summed E-state index contributed by atoms with van der Waals surface area (Å²) in [5.74, 6) is 0.744. The molecule has 1 aromatic rings. The number of piperazine rings is 1. The van der Waals surface area contributed by atoms with Gasteiger partial charge in [-0.3, -0.25) is 14.5 Å². The molecule has 1 aromatic heterocycles. The zero-order chi connectivity index (χ0) is 19.9. The standard InChI is InChI=1S/C16H29N7O3S/c1-4-17-16(18-7-6-8-20-27(25,26)5-2)22-9-10-23(15(24)13-22)14-11-19-21(3)12-14/h11-12,20H,4-10,13H2,1-3H3,(H,17,18).